The predicted octanol–water partition coefficient (Wildman–Crippen LogP) is 4.05. The van der Waals surface area contributed by atoms with Gasteiger partial charge in [-0.25, -0.2) is 0 Å². The number of hydrogen-bond donors (Lipinski definition) is 0. The highest BCUT2D eigenvalue weighted by Crippen LogP contribution is 2.22. The van der Waals surface area contributed by atoms with Crippen LogP contribution in [0.15, 0.2) is 48.5 Å². The van der Waals surface area contributed by atoms with Gasteiger partial charge in [0, 0.05) is 6.42 Å². The average molecular weight is 394 g/mol. The second kappa shape index (κ2) is 8.99. The molecule has 0 bridgehead atoms. The van der Waals surface area contributed by atoms with Crippen molar-refractivity contribution in [3.05, 3.63) is 48.5 Å². The Hall–Kier alpha value is -2.41. The summed E-state index contributed by atoms with van der Waals surface area (Å²) in [4.78, 5) is 0. The van der Waals surface area contributed by atoms with E-state index in [0.29, 0.717) is 25.4 Å². The first-order valence-electron chi connectivity index (χ1n) is 8.65. The Kier molecular flexibility index (Phi) is 6.96. The molecule has 0 aliphatic heterocycles. The van der Waals surface area contributed by atoms with E-state index in [1.807, 2.05) is 45.0 Å². The predicted molar refractivity (Wildman–Crippen MR) is 104 cm³/mol. The molecule has 27 heavy (non-hydrogen) atoms. The highest BCUT2D eigenvalue weighted by molar-refractivity contribution is 7.86. The molecule has 0 unspecified atom stereocenters. The van der Waals surface area contributed by atoms with E-state index >= 15 is 0 Å². The topological polar surface area (TPSA) is 71.1 Å². The third kappa shape index (κ3) is 8.68. The molecule has 0 N–H and O–H groups in total. The second-order valence-corrected chi connectivity index (χ2v) is 8.57. The van der Waals surface area contributed by atoms with Crippen molar-refractivity contribution >= 4 is 10.1 Å². The van der Waals surface area contributed by atoms with Crippen molar-refractivity contribution in [2.75, 3.05) is 19.5 Å². The van der Waals surface area contributed by atoms with E-state index < -0.39 is 10.1 Å². The van der Waals surface area contributed by atoms with Gasteiger partial charge in [0.25, 0.3) is 0 Å². The van der Waals surface area contributed by atoms with Crippen LogP contribution in [0.4, 0.5) is 0 Å². The van der Waals surface area contributed by atoms with Crippen molar-refractivity contribution in [1.29, 1.82) is 0 Å². The van der Waals surface area contributed by atoms with E-state index in [0.717, 1.165) is 17.8 Å². The lowest BCUT2D eigenvalue weighted by molar-refractivity contribution is 0.130. The van der Waals surface area contributed by atoms with E-state index in [-0.39, 0.29) is 11.4 Å². The van der Waals surface area contributed by atoms with Crippen molar-refractivity contribution in [2.45, 2.75) is 32.8 Å². The summed E-state index contributed by atoms with van der Waals surface area (Å²) < 4.78 is 43.9. The Morgan fingerprint density at radius 2 is 1.15 bits per heavy atom. The molecule has 6 nitrogen and oxygen atoms in total. The quantitative estimate of drug-likeness (QED) is 0.472. The van der Waals surface area contributed by atoms with Gasteiger partial charge >= 0.3 is 10.1 Å². The number of hydrogen-bond acceptors (Lipinski definition) is 6. The lowest BCUT2D eigenvalue weighted by atomic mass is 10.2. The van der Waals surface area contributed by atoms with Crippen LogP contribution < -0.4 is 18.4 Å². The summed E-state index contributed by atoms with van der Waals surface area (Å²) in [6.45, 7) is 7.02. The van der Waals surface area contributed by atoms with Gasteiger partial charge < -0.3 is 18.4 Å². The Bertz CT molecular complexity index is 805. The van der Waals surface area contributed by atoms with Crippen LogP contribution in [-0.4, -0.2) is 33.5 Å². The molecule has 0 spiro atoms. The monoisotopic (exact) mass is 394 g/mol. The molecule has 0 aliphatic carbocycles. The Labute approximate surface area is 161 Å². The fourth-order valence-electron chi connectivity index (χ4n) is 2.16. The van der Waals surface area contributed by atoms with Gasteiger partial charge in [-0.2, -0.15) is 8.42 Å². The van der Waals surface area contributed by atoms with E-state index in [4.69, 9.17) is 18.4 Å². The van der Waals surface area contributed by atoms with Crippen molar-refractivity contribution in [3.63, 3.8) is 0 Å². The first-order valence-corrected chi connectivity index (χ1v) is 10.5. The summed E-state index contributed by atoms with van der Waals surface area (Å²) in [6.07, 6.45) is 1.71. The largest absolute Gasteiger partial charge is 0.493 e. The van der Waals surface area contributed by atoms with Crippen LogP contribution in [0, 0.1) is 0 Å². The highest BCUT2D eigenvalue weighted by Gasteiger charge is 2.11. The molecule has 0 saturated carbocycles. The molecular weight excluding hydrogens is 368 g/mol. The fourth-order valence-corrected chi connectivity index (χ4v) is 2.62. The van der Waals surface area contributed by atoms with Crippen molar-refractivity contribution in [3.8, 4) is 23.0 Å². The Morgan fingerprint density at radius 3 is 1.56 bits per heavy atom. The summed E-state index contributed by atoms with van der Waals surface area (Å²) in [5.41, 5.74) is -0.227. The summed E-state index contributed by atoms with van der Waals surface area (Å²) >= 11 is 0. The minimum atomic E-state index is -3.52. The van der Waals surface area contributed by atoms with Crippen LogP contribution in [0.25, 0.3) is 0 Å². The van der Waals surface area contributed by atoms with Crippen molar-refractivity contribution in [1.82, 2.24) is 0 Å². The van der Waals surface area contributed by atoms with Gasteiger partial charge in [-0.15, -0.1) is 0 Å². The van der Waals surface area contributed by atoms with Gasteiger partial charge in [-0.1, -0.05) is 0 Å². The minimum Gasteiger partial charge on any atom is -0.493 e. The molecule has 7 heteroatoms. The van der Waals surface area contributed by atoms with Crippen molar-refractivity contribution in [2.24, 2.45) is 0 Å². The van der Waals surface area contributed by atoms with Crippen LogP contribution in [-0.2, 0) is 10.1 Å². The molecule has 0 aliphatic rings. The smallest absolute Gasteiger partial charge is 0.306 e. The molecule has 0 fully saturated rings. The van der Waals surface area contributed by atoms with E-state index in [2.05, 4.69) is 0 Å². The van der Waals surface area contributed by atoms with E-state index in [1.165, 1.54) is 0 Å². The average Bonchev–Trinajstić information content (AvgIpc) is 2.55. The lowest BCUT2D eigenvalue weighted by Gasteiger charge is -2.21. The molecule has 2 aromatic carbocycles. The number of rotatable bonds is 9. The SMILES string of the molecule is CC(C)(C)Oc1ccc(OCCCOc2ccc(OS(C)(=O)=O)cc2)cc1. The van der Waals surface area contributed by atoms with Crippen LogP contribution in [0.1, 0.15) is 27.2 Å². The third-order valence-electron chi connectivity index (χ3n) is 3.15. The maximum absolute atomic E-state index is 11.1. The zero-order valence-electron chi connectivity index (χ0n) is 16.1. The number of ether oxygens (including phenoxy) is 3. The van der Waals surface area contributed by atoms with Gasteiger partial charge in [0.1, 0.15) is 28.6 Å². The molecule has 0 heterocycles. The molecule has 0 amide bonds. The normalized spacial score (nSPS) is 11.7. The first kappa shape index (κ1) is 20.9. The minimum absolute atomic E-state index is 0.227. The van der Waals surface area contributed by atoms with Gasteiger partial charge in [0.15, 0.2) is 0 Å². The van der Waals surface area contributed by atoms with Gasteiger partial charge in [-0.3, -0.25) is 0 Å². The van der Waals surface area contributed by atoms with Gasteiger partial charge in [0.2, 0.25) is 0 Å². The molecule has 2 rings (SSSR count). The van der Waals surface area contributed by atoms with E-state index in [9.17, 15) is 8.42 Å². The van der Waals surface area contributed by atoms with Crippen molar-refractivity contribution < 1.29 is 26.8 Å². The van der Waals surface area contributed by atoms with Crippen LogP contribution >= 0.6 is 0 Å². The Balaban J connectivity index is 1.68. The van der Waals surface area contributed by atoms with Gasteiger partial charge in [0.05, 0.1) is 19.5 Å². The summed E-state index contributed by atoms with van der Waals surface area (Å²) in [7, 11) is -3.52. The fraction of sp³-hybridized carbons (Fsp3) is 0.400. The molecule has 0 radical (unpaired) electrons. The summed E-state index contributed by atoms with van der Waals surface area (Å²) in [5.74, 6) is 2.48. The molecular formula is C20H26O6S. The van der Waals surface area contributed by atoms with E-state index in [1.54, 1.807) is 24.3 Å². The number of benzene rings is 2. The molecule has 0 saturated heterocycles. The zero-order valence-corrected chi connectivity index (χ0v) is 16.9. The van der Waals surface area contributed by atoms with Crippen LogP contribution in [0.3, 0.4) is 0 Å². The van der Waals surface area contributed by atoms with Gasteiger partial charge in [-0.05, 0) is 69.3 Å². The second-order valence-electron chi connectivity index (χ2n) is 7.00. The lowest BCUT2D eigenvalue weighted by Crippen LogP contribution is -2.22. The maximum atomic E-state index is 11.1. The molecule has 0 atom stereocenters. The molecule has 148 valence electrons. The van der Waals surface area contributed by atoms with Crippen LogP contribution in [0.2, 0.25) is 0 Å². The maximum Gasteiger partial charge on any atom is 0.306 e. The molecule has 0 aromatic heterocycles. The standard InChI is InChI=1S/C20H26O6S/c1-20(2,3)25-18-10-6-16(7-11-18)23-14-5-15-24-17-8-12-19(13-9-17)26-27(4,21)22/h6-13H,5,14-15H2,1-4H3. The first-order chi connectivity index (χ1) is 12.6. The Morgan fingerprint density at radius 1 is 0.741 bits per heavy atom. The zero-order chi connectivity index (χ0) is 19.9. The summed E-state index contributed by atoms with van der Waals surface area (Å²) in [5, 5.41) is 0. The molecule has 2 aromatic rings. The summed E-state index contributed by atoms with van der Waals surface area (Å²) in [6, 6.07) is 14.0. The highest BCUT2D eigenvalue weighted by atomic mass is 32.2. The third-order valence-corrected chi connectivity index (χ3v) is 3.64. The van der Waals surface area contributed by atoms with Crippen LogP contribution in [0.5, 0.6) is 23.0 Å².